The van der Waals surface area contributed by atoms with Gasteiger partial charge in [0.1, 0.15) is 5.69 Å². The first kappa shape index (κ1) is 18.0. The van der Waals surface area contributed by atoms with Gasteiger partial charge < -0.3 is 4.57 Å². The standard InChI is InChI=1S/C16H24N6O2S/c1-20(2)25(23,24)22-7-4-5-13(12-22)9-14-10-19-15(11-18-14)16-17-6-8-21(16)3/h6,8,10-11,13H,4-5,7,9,12H2,1-3H3. The summed E-state index contributed by atoms with van der Waals surface area (Å²) in [5.74, 6) is 1.04. The zero-order valence-electron chi connectivity index (χ0n) is 14.8. The predicted molar refractivity (Wildman–Crippen MR) is 94.8 cm³/mol. The lowest BCUT2D eigenvalue weighted by Crippen LogP contribution is -2.45. The SMILES string of the molecule is CN(C)S(=O)(=O)N1CCCC(Cc2cnc(-c3nccn3C)cn2)C1. The molecule has 0 aromatic carbocycles. The molecule has 1 aliphatic heterocycles. The number of imidazole rings is 1. The zero-order chi connectivity index (χ0) is 18.0. The van der Waals surface area contributed by atoms with Gasteiger partial charge in [0.15, 0.2) is 5.82 Å². The molecule has 2 aromatic rings. The number of hydrogen-bond donors (Lipinski definition) is 0. The minimum Gasteiger partial charge on any atom is -0.333 e. The third-order valence-corrected chi connectivity index (χ3v) is 6.43. The predicted octanol–water partition coefficient (Wildman–Crippen LogP) is 0.938. The Morgan fingerprint density at radius 3 is 2.64 bits per heavy atom. The summed E-state index contributed by atoms with van der Waals surface area (Å²) in [5, 5.41) is 0. The van der Waals surface area contributed by atoms with Crippen molar-refractivity contribution >= 4 is 10.2 Å². The number of piperidine rings is 1. The third-order valence-electron chi connectivity index (χ3n) is 4.52. The molecule has 1 atom stereocenters. The fourth-order valence-electron chi connectivity index (χ4n) is 3.12. The molecule has 0 amide bonds. The van der Waals surface area contributed by atoms with Crippen LogP contribution in [0.2, 0.25) is 0 Å². The lowest BCUT2D eigenvalue weighted by atomic mass is 9.95. The van der Waals surface area contributed by atoms with E-state index >= 15 is 0 Å². The van der Waals surface area contributed by atoms with Gasteiger partial charge in [-0.05, 0) is 25.2 Å². The molecular formula is C16H24N6O2S. The molecule has 8 nitrogen and oxygen atoms in total. The molecule has 0 aliphatic carbocycles. The van der Waals surface area contributed by atoms with Crippen LogP contribution in [-0.2, 0) is 23.7 Å². The van der Waals surface area contributed by atoms with E-state index in [-0.39, 0.29) is 5.92 Å². The van der Waals surface area contributed by atoms with Crippen molar-refractivity contribution in [2.24, 2.45) is 13.0 Å². The summed E-state index contributed by atoms with van der Waals surface area (Å²) in [7, 11) is 1.71. The van der Waals surface area contributed by atoms with E-state index in [0.717, 1.165) is 36.5 Å². The summed E-state index contributed by atoms with van der Waals surface area (Å²) in [6, 6.07) is 0. The maximum Gasteiger partial charge on any atom is 0.281 e. The van der Waals surface area contributed by atoms with Crippen LogP contribution in [-0.4, -0.2) is 63.7 Å². The van der Waals surface area contributed by atoms with E-state index < -0.39 is 10.2 Å². The maximum absolute atomic E-state index is 12.3. The van der Waals surface area contributed by atoms with Crippen molar-refractivity contribution in [3.05, 3.63) is 30.5 Å². The molecule has 1 aliphatic rings. The van der Waals surface area contributed by atoms with Crippen LogP contribution in [0, 0.1) is 5.92 Å². The Kier molecular flexibility index (Phi) is 5.16. The Bertz CT molecular complexity index is 815. The first-order valence-electron chi connectivity index (χ1n) is 8.34. The molecule has 136 valence electrons. The van der Waals surface area contributed by atoms with Gasteiger partial charge in [-0.1, -0.05) is 0 Å². The fraction of sp³-hybridized carbons (Fsp3) is 0.562. The molecule has 9 heteroatoms. The van der Waals surface area contributed by atoms with E-state index in [9.17, 15) is 8.42 Å². The molecular weight excluding hydrogens is 340 g/mol. The molecule has 1 fully saturated rings. The lowest BCUT2D eigenvalue weighted by molar-refractivity contribution is 0.253. The summed E-state index contributed by atoms with van der Waals surface area (Å²) in [6.07, 6.45) is 9.70. The van der Waals surface area contributed by atoms with Gasteiger partial charge in [0.05, 0.1) is 11.9 Å². The van der Waals surface area contributed by atoms with Gasteiger partial charge in [-0.2, -0.15) is 17.0 Å². The number of aromatic nitrogens is 4. The first-order valence-corrected chi connectivity index (χ1v) is 9.74. The zero-order valence-corrected chi connectivity index (χ0v) is 15.6. The second kappa shape index (κ2) is 7.19. The molecule has 0 radical (unpaired) electrons. The van der Waals surface area contributed by atoms with Crippen LogP contribution in [0.5, 0.6) is 0 Å². The number of aryl methyl sites for hydroxylation is 1. The van der Waals surface area contributed by atoms with Crippen molar-refractivity contribution in [3.63, 3.8) is 0 Å². The van der Waals surface area contributed by atoms with Crippen molar-refractivity contribution < 1.29 is 8.42 Å². The Morgan fingerprint density at radius 1 is 1.24 bits per heavy atom. The van der Waals surface area contributed by atoms with E-state index in [1.165, 1.54) is 4.31 Å². The first-order chi connectivity index (χ1) is 11.9. The van der Waals surface area contributed by atoms with Gasteiger partial charge in [-0.15, -0.1) is 0 Å². The summed E-state index contributed by atoms with van der Waals surface area (Å²) in [4.78, 5) is 13.2. The summed E-state index contributed by atoms with van der Waals surface area (Å²) in [5.41, 5.74) is 1.61. The normalized spacial score (nSPS) is 19.4. The number of rotatable bonds is 5. The van der Waals surface area contributed by atoms with Gasteiger partial charge in [0.25, 0.3) is 10.2 Å². The third kappa shape index (κ3) is 3.88. The van der Waals surface area contributed by atoms with E-state index in [2.05, 4.69) is 15.0 Å². The lowest BCUT2D eigenvalue weighted by Gasteiger charge is -2.33. The van der Waals surface area contributed by atoms with Crippen molar-refractivity contribution in [1.29, 1.82) is 0 Å². The Hall–Kier alpha value is -1.84. The van der Waals surface area contributed by atoms with E-state index in [0.29, 0.717) is 13.1 Å². The largest absolute Gasteiger partial charge is 0.333 e. The Morgan fingerprint density at radius 2 is 2.04 bits per heavy atom. The number of nitrogens with zero attached hydrogens (tertiary/aromatic N) is 6. The molecule has 0 bridgehead atoms. The van der Waals surface area contributed by atoms with E-state index in [1.807, 2.05) is 17.8 Å². The van der Waals surface area contributed by atoms with Crippen molar-refractivity contribution in [3.8, 4) is 11.5 Å². The van der Waals surface area contributed by atoms with Crippen molar-refractivity contribution in [2.75, 3.05) is 27.2 Å². The summed E-state index contributed by atoms with van der Waals surface area (Å²) in [6.45, 7) is 1.12. The second-order valence-electron chi connectivity index (χ2n) is 6.62. The molecule has 1 saturated heterocycles. The molecule has 3 heterocycles. The van der Waals surface area contributed by atoms with Crippen LogP contribution in [0.3, 0.4) is 0 Å². The quantitative estimate of drug-likeness (QED) is 0.788. The molecule has 0 spiro atoms. The summed E-state index contributed by atoms with van der Waals surface area (Å²) < 4.78 is 29.4. The monoisotopic (exact) mass is 364 g/mol. The molecule has 3 rings (SSSR count). The van der Waals surface area contributed by atoms with Crippen molar-refractivity contribution in [1.82, 2.24) is 28.1 Å². The van der Waals surface area contributed by atoms with Crippen LogP contribution in [0.1, 0.15) is 18.5 Å². The maximum atomic E-state index is 12.3. The van der Waals surface area contributed by atoms with Gasteiger partial charge in [0.2, 0.25) is 0 Å². The molecule has 2 aromatic heterocycles. The molecule has 0 saturated carbocycles. The smallest absolute Gasteiger partial charge is 0.281 e. The van der Waals surface area contributed by atoms with Gasteiger partial charge in [0, 0.05) is 52.8 Å². The van der Waals surface area contributed by atoms with Crippen LogP contribution >= 0.6 is 0 Å². The number of hydrogen-bond acceptors (Lipinski definition) is 5. The highest BCUT2D eigenvalue weighted by Gasteiger charge is 2.30. The van der Waals surface area contributed by atoms with E-state index in [4.69, 9.17) is 0 Å². The topological polar surface area (TPSA) is 84.2 Å². The van der Waals surface area contributed by atoms with Crippen LogP contribution in [0.4, 0.5) is 0 Å². The molecule has 1 unspecified atom stereocenters. The fourth-order valence-corrected chi connectivity index (χ4v) is 4.34. The highest BCUT2D eigenvalue weighted by molar-refractivity contribution is 7.86. The Balaban J connectivity index is 1.67. The second-order valence-corrected chi connectivity index (χ2v) is 8.76. The van der Waals surface area contributed by atoms with Gasteiger partial charge in [-0.25, -0.2) is 9.97 Å². The minimum atomic E-state index is -3.35. The average Bonchev–Trinajstić information content (AvgIpc) is 3.02. The highest BCUT2D eigenvalue weighted by atomic mass is 32.2. The van der Waals surface area contributed by atoms with Gasteiger partial charge >= 0.3 is 0 Å². The Labute approximate surface area is 148 Å². The average molecular weight is 364 g/mol. The minimum absolute atomic E-state index is 0.261. The van der Waals surface area contributed by atoms with Gasteiger partial charge in [-0.3, -0.25) is 4.98 Å². The molecule has 25 heavy (non-hydrogen) atoms. The van der Waals surface area contributed by atoms with E-state index in [1.54, 1.807) is 37.0 Å². The highest BCUT2D eigenvalue weighted by Crippen LogP contribution is 2.23. The van der Waals surface area contributed by atoms with Crippen LogP contribution < -0.4 is 0 Å². The molecule has 0 N–H and O–H groups in total. The van der Waals surface area contributed by atoms with Crippen molar-refractivity contribution in [2.45, 2.75) is 19.3 Å². The summed E-state index contributed by atoms with van der Waals surface area (Å²) >= 11 is 0. The van der Waals surface area contributed by atoms with Crippen LogP contribution in [0.15, 0.2) is 24.8 Å². The van der Waals surface area contributed by atoms with Crippen LogP contribution in [0.25, 0.3) is 11.5 Å².